The minimum atomic E-state index is 0.0893. The Bertz CT molecular complexity index is 185. The first-order valence-corrected chi connectivity index (χ1v) is 5.36. The van der Waals surface area contributed by atoms with Crippen LogP contribution in [0.1, 0.15) is 26.2 Å². The zero-order valence-electron chi connectivity index (χ0n) is 8.87. The molecule has 0 aromatic heterocycles. The molecule has 4 nitrogen and oxygen atoms in total. The molecule has 0 aromatic rings. The fraction of sp³-hybridized carbons (Fsp3) is 0.900. The summed E-state index contributed by atoms with van der Waals surface area (Å²) < 4.78 is 5.22. The van der Waals surface area contributed by atoms with Crippen LogP contribution in [0.2, 0.25) is 0 Å². The van der Waals surface area contributed by atoms with E-state index in [1.54, 1.807) is 0 Å². The van der Waals surface area contributed by atoms with E-state index in [9.17, 15) is 4.79 Å². The lowest BCUT2D eigenvalue weighted by molar-refractivity contribution is -0.136. The summed E-state index contributed by atoms with van der Waals surface area (Å²) in [5, 5.41) is 0. The zero-order chi connectivity index (χ0) is 10.4. The normalized spacial score (nSPS) is 21.6. The molecule has 0 aromatic carbocycles. The maximum Gasteiger partial charge on any atom is 0.248 e. The molecule has 1 aliphatic heterocycles. The van der Waals surface area contributed by atoms with Crippen molar-refractivity contribution in [3.05, 3.63) is 0 Å². The molecule has 1 aliphatic rings. The average Bonchev–Trinajstić information content (AvgIpc) is 2.65. The van der Waals surface area contributed by atoms with Crippen LogP contribution in [-0.4, -0.2) is 43.2 Å². The van der Waals surface area contributed by atoms with Gasteiger partial charge in [-0.15, -0.1) is 0 Å². The second kappa shape index (κ2) is 5.98. The van der Waals surface area contributed by atoms with Gasteiger partial charge in [-0.2, -0.15) is 0 Å². The van der Waals surface area contributed by atoms with Crippen molar-refractivity contribution in [2.24, 2.45) is 5.73 Å². The van der Waals surface area contributed by atoms with Gasteiger partial charge in [-0.05, 0) is 19.3 Å². The number of carbonyl (C=O) groups is 1. The van der Waals surface area contributed by atoms with Crippen LogP contribution < -0.4 is 5.73 Å². The summed E-state index contributed by atoms with van der Waals surface area (Å²) in [6, 6.07) is 0.243. The standard InChI is InChI=1S/C10H20N2O2/c1-2-6-14-8-10(13)12-5-3-4-9(12)7-11/h9H,2-8,11H2,1H3. The number of hydrogen-bond acceptors (Lipinski definition) is 3. The van der Waals surface area contributed by atoms with Crippen molar-refractivity contribution in [2.45, 2.75) is 32.2 Å². The number of amides is 1. The number of ether oxygens (including phenoxy) is 1. The van der Waals surface area contributed by atoms with Crippen molar-refractivity contribution >= 4 is 5.91 Å². The first-order valence-electron chi connectivity index (χ1n) is 5.36. The van der Waals surface area contributed by atoms with Gasteiger partial charge in [-0.25, -0.2) is 0 Å². The Morgan fingerprint density at radius 3 is 3.07 bits per heavy atom. The molecular formula is C10H20N2O2. The summed E-state index contributed by atoms with van der Waals surface area (Å²) in [4.78, 5) is 13.5. The van der Waals surface area contributed by atoms with Crippen molar-refractivity contribution in [3.8, 4) is 0 Å². The average molecular weight is 200 g/mol. The minimum absolute atomic E-state index is 0.0893. The molecular weight excluding hydrogens is 180 g/mol. The van der Waals surface area contributed by atoms with E-state index in [0.29, 0.717) is 13.2 Å². The minimum Gasteiger partial charge on any atom is -0.372 e. The topological polar surface area (TPSA) is 55.6 Å². The SMILES string of the molecule is CCCOCC(=O)N1CCCC1CN. The van der Waals surface area contributed by atoms with E-state index in [2.05, 4.69) is 0 Å². The van der Waals surface area contributed by atoms with Crippen LogP contribution in [-0.2, 0) is 9.53 Å². The fourth-order valence-corrected chi connectivity index (χ4v) is 1.80. The van der Waals surface area contributed by atoms with E-state index >= 15 is 0 Å². The fourth-order valence-electron chi connectivity index (χ4n) is 1.80. The maximum atomic E-state index is 11.6. The van der Waals surface area contributed by atoms with Gasteiger partial charge in [-0.1, -0.05) is 6.92 Å². The molecule has 1 fully saturated rings. The smallest absolute Gasteiger partial charge is 0.248 e. The molecule has 4 heteroatoms. The van der Waals surface area contributed by atoms with Gasteiger partial charge in [0.15, 0.2) is 0 Å². The Morgan fingerprint density at radius 1 is 1.64 bits per heavy atom. The van der Waals surface area contributed by atoms with E-state index in [0.717, 1.165) is 25.8 Å². The Kier molecular flexibility index (Phi) is 4.90. The first-order chi connectivity index (χ1) is 6.79. The number of rotatable bonds is 5. The molecule has 1 atom stereocenters. The van der Waals surface area contributed by atoms with Crippen molar-refractivity contribution in [3.63, 3.8) is 0 Å². The van der Waals surface area contributed by atoms with Gasteiger partial charge in [-0.3, -0.25) is 4.79 Å². The Balaban J connectivity index is 2.28. The van der Waals surface area contributed by atoms with Crippen LogP contribution in [0.25, 0.3) is 0 Å². The van der Waals surface area contributed by atoms with Gasteiger partial charge in [0.2, 0.25) is 5.91 Å². The number of hydrogen-bond donors (Lipinski definition) is 1. The van der Waals surface area contributed by atoms with Gasteiger partial charge >= 0.3 is 0 Å². The lowest BCUT2D eigenvalue weighted by Gasteiger charge is -2.23. The van der Waals surface area contributed by atoms with Gasteiger partial charge in [0.25, 0.3) is 0 Å². The molecule has 1 heterocycles. The van der Waals surface area contributed by atoms with Crippen LogP contribution in [0.15, 0.2) is 0 Å². The van der Waals surface area contributed by atoms with Crippen LogP contribution in [0, 0.1) is 0 Å². The molecule has 1 amide bonds. The highest BCUT2D eigenvalue weighted by Crippen LogP contribution is 2.15. The third-order valence-electron chi connectivity index (χ3n) is 2.54. The molecule has 1 saturated heterocycles. The number of nitrogens with zero attached hydrogens (tertiary/aromatic N) is 1. The van der Waals surface area contributed by atoms with E-state index < -0.39 is 0 Å². The second-order valence-corrected chi connectivity index (χ2v) is 3.67. The monoisotopic (exact) mass is 200 g/mol. The van der Waals surface area contributed by atoms with Crippen LogP contribution in [0.4, 0.5) is 0 Å². The predicted molar refractivity (Wildman–Crippen MR) is 54.9 cm³/mol. The Labute approximate surface area is 85.4 Å². The summed E-state index contributed by atoms with van der Waals surface area (Å²) in [7, 11) is 0. The predicted octanol–water partition coefficient (Wildman–Crippen LogP) is 0.363. The van der Waals surface area contributed by atoms with E-state index in [-0.39, 0.29) is 18.6 Å². The summed E-state index contributed by atoms with van der Waals surface area (Å²) in [6.07, 6.45) is 3.06. The van der Waals surface area contributed by atoms with Crippen molar-refractivity contribution in [1.82, 2.24) is 4.90 Å². The second-order valence-electron chi connectivity index (χ2n) is 3.67. The largest absolute Gasteiger partial charge is 0.372 e. The summed E-state index contributed by atoms with van der Waals surface area (Å²) in [6.45, 7) is 4.32. The maximum absolute atomic E-state index is 11.6. The van der Waals surface area contributed by atoms with Crippen molar-refractivity contribution in [1.29, 1.82) is 0 Å². The Morgan fingerprint density at radius 2 is 2.43 bits per heavy atom. The van der Waals surface area contributed by atoms with Crippen LogP contribution in [0.5, 0.6) is 0 Å². The molecule has 0 saturated carbocycles. The van der Waals surface area contributed by atoms with Crippen molar-refractivity contribution < 1.29 is 9.53 Å². The molecule has 82 valence electrons. The van der Waals surface area contributed by atoms with Gasteiger partial charge in [0.05, 0.1) is 0 Å². The van der Waals surface area contributed by atoms with Gasteiger partial charge in [0, 0.05) is 25.7 Å². The van der Waals surface area contributed by atoms with Gasteiger partial charge < -0.3 is 15.4 Å². The zero-order valence-corrected chi connectivity index (χ0v) is 8.87. The number of nitrogens with two attached hydrogens (primary N) is 1. The highest BCUT2D eigenvalue weighted by atomic mass is 16.5. The third kappa shape index (κ3) is 2.96. The van der Waals surface area contributed by atoms with E-state index in [1.807, 2.05) is 11.8 Å². The molecule has 1 rings (SSSR count). The highest BCUT2D eigenvalue weighted by molar-refractivity contribution is 5.78. The molecule has 14 heavy (non-hydrogen) atoms. The molecule has 0 radical (unpaired) electrons. The van der Waals surface area contributed by atoms with E-state index in [1.165, 1.54) is 0 Å². The molecule has 2 N–H and O–H groups in total. The molecule has 0 bridgehead atoms. The molecule has 0 aliphatic carbocycles. The quantitative estimate of drug-likeness (QED) is 0.652. The third-order valence-corrected chi connectivity index (χ3v) is 2.54. The molecule has 0 spiro atoms. The highest BCUT2D eigenvalue weighted by Gasteiger charge is 2.26. The summed E-state index contributed by atoms with van der Waals surface area (Å²) >= 11 is 0. The summed E-state index contributed by atoms with van der Waals surface area (Å²) in [5.74, 6) is 0.0893. The van der Waals surface area contributed by atoms with Crippen molar-refractivity contribution in [2.75, 3.05) is 26.3 Å². The summed E-state index contributed by atoms with van der Waals surface area (Å²) in [5.41, 5.74) is 5.58. The van der Waals surface area contributed by atoms with Crippen LogP contribution in [0.3, 0.4) is 0 Å². The Hall–Kier alpha value is -0.610. The van der Waals surface area contributed by atoms with Gasteiger partial charge in [0.1, 0.15) is 6.61 Å². The first kappa shape index (κ1) is 11.5. The lowest BCUT2D eigenvalue weighted by atomic mass is 10.2. The lowest BCUT2D eigenvalue weighted by Crippen LogP contribution is -2.41. The number of likely N-dealkylation sites (tertiary alicyclic amines) is 1. The van der Waals surface area contributed by atoms with E-state index in [4.69, 9.17) is 10.5 Å². The molecule has 1 unspecified atom stereocenters. The van der Waals surface area contributed by atoms with Crippen LogP contribution >= 0.6 is 0 Å². The number of carbonyl (C=O) groups excluding carboxylic acids is 1.